The molecule has 0 bridgehead atoms. The number of halogens is 2. The first kappa shape index (κ1) is 19.0. The number of carbonyl (C=O) groups is 1. The first-order chi connectivity index (χ1) is 10.6. The normalized spacial score (nSPS) is 11.4. The van der Waals surface area contributed by atoms with Crippen molar-refractivity contribution in [1.29, 1.82) is 0 Å². The Bertz CT molecular complexity index is 648. The number of anilines is 1. The molecule has 1 unspecified atom stereocenters. The smallest absolute Gasteiger partial charge is 0.220 e. The van der Waals surface area contributed by atoms with Crippen molar-refractivity contribution in [2.75, 3.05) is 5.73 Å². The Balaban J connectivity index is 0.00000264. The van der Waals surface area contributed by atoms with Gasteiger partial charge in [0.2, 0.25) is 5.91 Å². The minimum absolute atomic E-state index is 0. The molecule has 0 aliphatic heterocycles. The summed E-state index contributed by atoms with van der Waals surface area (Å²) in [5, 5.41) is 2.90. The van der Waals surface area contributed by atoms with E-state index in [1.807, 2.05) is 31.2 Å². The van der Waals surface area contributed by atoms with Gasteiger partial charge in [0.05, 0.1) is 0 Å². The summed E-state index contributed by atoms with van der Waals surface area (Å²) in [5.41, 5.74) is 8.14. The Morgan fingerprint density at radius 1 is 1.13 bits per heavy atom. The number of aryl methyl sites for hydroxylation is 1. The number of hydrogen-bond donors (Lipinski definition) is 2. The van der Waals surface area contributed by atoms with Crippen LogP contribution >= 0.6 is 12.4 Å². The molecule has 0 aliphatic rings. The average Bonchev–Trinajstić information content (AvgIpc) is 2.49. The van der Waals surface area contributed by atoms with Gasteiger partial charge >= 0.3 is 0 Å². The maximum Gasteiger partial charge on any atom is 0.220 e. The Morgan fingerprint density at radius 3 is 2.39 bits per heavy atom. The van der Waals surface area contributed by atoms with Crippen molar-refractivity contribution in [1.82, 2.24) is 5.32 Å². The summed E-state index contributed by atoms with van der Waals surface area (Å²) in [6.07, 6.45) is 1.45. The largest absolute Gasteiger partial charge is 0.399 e. The molecule has 3 nitrogen and oxygen atoms in total. The standard InChI is InChI=1S/C18H21FN2O.ClH/c1-13(12-15-7-2-4-8-16(15)19)21-18(22)11-10-14-6-3-5-9-17(14)20;/h2-9,13H,10-12,20H2,1H3,(H,21,22);1H. The third-order valence-electron chi connectivity index (χ3n) is 3.57. The van der Waals surface area contributed by atoms with Crippen molar-refractivity contribution in [3.63, 3.8) is 0 Å². The molecule has 0 aliphatic carbocycles. The molecule has 1 amide bonds. The van der Waals surface area contributed by atoms with Crippen LogP contribution in [0.4, 0.5) is 10.1 Å². The second-order valence-electron chi connectivity index (χ2n) is 5.46. The van der Waals surface area contributed by atoms with Crippen molar-refractivity contribution < 1.29 is 9.18 Å². The molecule has 0 heterocycles. The van der Waals surface area contributed by atoms with Crippen molar-refractivity contribution in [3.8, 4) is 0 Å². The van der Waals surface area contributed by atoms with E-state index in [1.54, 1.807) is 18.2 Å². The quantitative estimate of drug-likeness (QED) is 0.793. The van der Waals surface area contributed by atoms with Crippen LogP contribution in [0.2, 0.25) is 0 Å². The second kappa shape index (κ2) is 9.16. The molecule has 124 valence electrons. The van der Waals surface area contributed by atoms with Gasteiger partial charge in [0.15, 0.2) is 0 Å². The third kappa shape index (κ3) is 5.91. The summed E-state index contributed by atoms with van der Waals surface area (Å²) in [7, 11) is 0. The highest BCUT2D eigenvalue weighted by Crippen LogP contribution is 2.13. The SMILES string of the molecule is CC(Cc1ccccc1F)NC(=O)CCc1ccccc1N.Cl. The van der Waals surface area contributed by atoms with E-state index in [4.69, 9.17) is 5.73 Å². The van der Waals surface area contributed by atoms with Crippen LogP contribution in [0.25, 0.3) is 0 Å². The lowest BCUT2D eigenvalue weighted by Crippen LogP contribution is -2.34. The fourth-order valence-corrected chi connectivity index (χ4v) is 2.40. The lowest BCUT2D eigenvalue weighted by molar-refractivity contribution is -0.121. The molecule has 0 spiro atoms. The zero-order valence-electron chi connectivity index (χ0n) is 13.1. The van der Waals surface area contributed by atoms with Crippen molar-refractivity contribution in [2.45, 2.75) is 32.2 Å². The maximum absolute atomic E-state index is 13.6. The van der Waals surface area contributed by atoms with Gasteiger partial charge in [-0.2, -0.15) is 0 Å². The van der Waals surface area contributed by atoms with Crippen molar-refractivity contribution in [2.24, 2.45) is 0 Å². The van der Waals surface area contributed by atoms with Crippen LogP contribution in [0.5, 0.6) is 0 Å². The molecule has 0 fully saturated rings. The topological polar surface area (TPSA) is 55.1 Å². The summed E-state index contributed by atoms with van der Waals surface area (Å²) >= 11 is 0. The Hall–Kier alpha value is -2.07. The molecule has 2 rings (SSSR count). The Labute approximate surface area is 142 Å². The highest BCUT2D eigenvalue weighted by molar-refractivity contribution is 5.85. The van der Waals surface area contributed by atoms with Gasteiger partial charge in [0.1, 0.15) is 5.82 Å². The first-order valence-corrected chi connectivity index (χ1v) is 7.42. The van der Waals surface area contributed by atoms with E-state index in [0.29, 0.717) is 30.5 Å². The highest BCUT2D eigenvalue weighted by Gasteiger charge is 2.11. The fourth-order valence-electron chi connectivity index (χ4n) is 2.40. The van der Waals surface area contributed by atoms with Crippen LogP contribution in [0.15, 0.2) is 48.5 Å². The number of rotatable bonds is 6. The van der Waals surface area contributed by atoms with Gasteiger partial charge < -0.3 is 11.1 Å². The van der Waals surface area contributed by atoms with E-state index in [1.165, 1.54) is 6.07 Å². The van der Waals surface area contributed by atoms with Crippen LogP contribution in [0, 0.1) is 5.82 Å². The molecule has 2 aromatic carbocycles. The molecule has 0 radical (unpaired) electrons. The molecule has 3 N–H and O–H groups in total. The predicted molar refractivity (Wildman–Crippen MR) is 94.1 cm³/mol. The minimum Gasteiger partial charge on any atom is -0.399 e. The molecule has 2 aromatic rings. The number of nitrogens with one attached hydrogen (secondary N) is 1. The molecule has 0 saturated heterocycles. The lowest BCUT2D eigenvalue weighted by Gasteiger charge is -2.14. The third-order valence-corrected chi connectivity index (χ3v) is 3.57. The monoisotopic (exact) mass is 336 g/mol. The number of benzene rings is 2. The van der Waals surface area contributed by atoms with E-state index in [2.05, 4.69) is 5.32 Å². The molecule has 1 atom stereocenters. The molecule has 0 saturated carbocycles. The van der Waals surface area contributed by atoms with Gasteiger partial charge in [-0.1, -0.05) is 36.4 Å². The number of amides is 1. The molecule has 5 heteroatoms. The highest BCUT2D eigenvalue weighted by atomic mass is 35.5. The van der Waals surface area contributed by atoms with Crippen LogP contribution in [0.3, 0.4) is 0 Å². The number of carbonyl (C=O) groups excluding carboxylic acids is 1. The van der Waals surface area contributed by atoms with Gasteiger partial charge in [-0.05, 0) is 43.0 Å². The maximum atomic E-state index is 13.6. The van der Waals surface area contributed by atoms with Crippen LogP contribution in [0.1, 0.15) is 24.5 Å². The zero-order chi connectivity index (χ0) is 15.9. The van der Waals surface area contributed by atoms with Gasteiger partial charge in [0, 0.05) is 18.2 Å². The van der Waals surface area contributed by atoms with E-state index in [-0.39, 0.29) is 30.2 Å². The van der Waals surface area contributed by atoms with E-state index in [9.17, 15) is 9.18 Å². The van der Waals surface area contributed by atoms with Crippen molar-refractivity contribution in [3.05, 3.63) is 65.5 Å². The lowest BCUT2D eigenvalue weighted by atomic mass is 10.1. The molecule has 0 aromatic heterocycles. The first-order valence-electron chi connectivity index (χ1n) is 7.42. The van der Waals surface area contributed by atoms with Gasteiger partial charge in [-0.15, -0.1) is 12.4 Å². The van der Waals surface area contributed by atoms with E-state index >= 15 is 0 Å². The zero-order valence-corrected chi connectivity index (χ0v) is 13.9. The summed E-state index contributed by atoms with van der Waals surface area (Å²) in [5.74, 6) is -0.284. The van der Waals surface area contributed by atoms with Gasteiger partial charge in [-0.3, -0.25) is 4.79 Å². The average molecular weight is 337 g/mol. The number of hydrogen-bond acceptors (Lipinski definition) is 2. The van der Waals surface area contributed by atoms with Crippen molar-refractivity contribution >= 4 is 24.0 Å². The summed E-state index contributed by atoms with van der Waals surface area (Å²) in [6.45, 7) is 1.88. The van der Waals surface area contributed by atoms with Crippen LogP contribution in [-0.2, 0) is 17.6 Å². The van der Waals surface area contributed by atoms with Crippen LogP contribution < -0.4 is 11.1 Å². The molecule has 23 heavy (non-hydrogen) atoms. The second-order valence-corrected chi connectivity index (χ2v) is 5.46. The summed E-state index contributed by atoms with van der Waals surface area (Å²) < 4.78 is 13.6. The summed E-state index contributed by atoms with van der Waals surface area (Å²) in [4.78, 5) is 12.0. The predicted octanol–water partition coefficient (Wildman–Crippen LogP) is 3.51. The molecular formula is C18H22ClFN2O. The van der Waals surface area contributed by atoms with Crippen LogP contribution in [-0.4, -0.2) is 11.9 Å². The minimum atomic E-state index is -0.236. The number of nitrogen functional groups attached to an aromatic ring is 1. The fraction of sp³-hybridized carbons (Fsp3) is 0.278. The number of nitrogens with two attached hydrogens (primary N) is 1. The summed E-state index contributed by atoms with van der Waals surface area (Å²) in [6, 6.07) is 14.0. The Morgan fingerprint density at radius 2 is 1.74 bits per heavy atom. The van der Waals surface area contributed by atoms with E-state index in [0.717, 1.165) is 5.56 Å². The van der Waals surface area contributed by atoms with Gasteiger partial charge in [-0.25, -0.2) is 4.39 Å². The van der Waals surface area contributed by atoms with E-state index < -0.39 is 0 Å². The molecular weight excluding hydrogens is 315 g/mol. The number of para-hydroxylation sites is 1. The van der Waals surface area contributed by atoms with Gasteiger partial charge in [0.25, 0.3) is 0 Å². The Kier molecular flexibility index (Phi) is 7.55.